The van der Waals surface area contributed by atoms with Crippen LogP contribution in [0.5, 0.6) is 0 Å². The normalized spacial score (nSPS) is 13.0. The summed E-state index contributed by atoms with van der Waals surface area (Å²) >= 11 is 1.34. The molecule has 0 radical (unpaired) electrons. The van der Waals surface area contributed by atoms with E-state index in [1.807, 2.05) is 17.6 Å². The number of alkyl halides is 3. The first-order valence-corrected chi connectivity index (χ1v) is 9.36. The summed E-state index contributed by atoms with van der Waals surface area (Å²) in [6.07, 6.45) is -1.27. The smallest absolute Gasteiger partial charge is 0.416 e. The van der Waals surface area contributed by atoms with Gasteiger partial charge in [-0.1, -0.05) is 29.1 Å². The van der Waals surface area contributed by atoms with E-state index in [1.165, 1.54) is 23.9 Å². The molecule has 11 heteroatoms. The highest BCUT2D eigenvalue weighted by Gasteiger charge is 2.31. The van der Waals surface area contributed by atoms with Crippen LogP contribution < -0.4 is 0 Å². The number of aromatic nitrogens is 5. The van der Waals surface area contributed by atoms with Crippen molar-refractivity contribution in [2.24, 2.45) is 0 Å². The molecular weight excluding hydrogens is 407 g/mol. The Bertz CT molecular complexity index is 1090. The fraction of sp³-hybridized carbons (Fsp3) is 0.222. The second kappa shape index (κ2) is 7.74. The van der Waals surface area contributed by atoms with E-state index >= 15 is 0 Å². The van der Waals surface area contributed by atoms with Gasteiger partial charge in [-0.3, -0.25) is 0 Å². The molecule has 29 heavy (non-hydrogen) atoms. The highest BCUT2D eigenvalue weighted by molar-refractivity contribution is 7.99. The first kappa shape index (κ1) is 19.2. The summed E-state index contributed by atoms with van der Waals surface area (Å²) in [5.41, 5.74) is -0.539. The molecule has 4 aromatic rings. The lowest BCUT2D eigenvalue weighted by Gasteiger charge is -2.07. The van der Waals surface area contributed by atoms with Crippen molar-refractivity contribution in [2.75, 3.05) is 0 Å². The Morgan fingerprint density at radius 3 is 2.83 bits per heavy atom. The maximum Gasteiger partial charge on any atom is 0.416 e. The van der Waals surface area contributed by atoms with Crippen molar-refractivity contribution in [1.82, 2.24) is 24.9 Å². The van der Waals surface area contributed by atoms with Crippen LogP contribution in [0.1, 0.15) is 29.4 Å². The minimum atomic E-state index is -4.44. The van der Waals surface area contributed by atoms with Gasteiger partial charge < -0.3 is 13.5 Å². The van der Waals surface area contributed by atoms with Gasteiger partial charge in [0.25, 0.3) is 0 Å². The summed E-state index contributed by atoms with van der Waals surface area (Å²) in [6.45, 7) is 2.30. The SMILES string of the molecule is CC(Sc1nncn1Cc1ccco1)c1nc(-c2cccc(C(F)(F)F)c2)no1. The van der Waals surface area contributed by atoms with Gasteiger partial charge in [-0.2, -0.15) is 18.2 Å². The van der Waals surface area contributed by atoms with Gasteiger partial charge >= 0.3 is 6.18 Å². The predicted octanol–water partition coefficient (Wildman–Crippen LogP) is 4.84. The molecule has 1 unspecified atom stereocenters. The monoisotopic (exact) mass is 421 g/mol. The Morgan fingerprint density at radius 1 is 1.21 bits per heavy atom. The summed E-state index contributed by atoms with van der Waals surface area (Å²) in [5, 5.41) is 12.1. The topological polar surface area (TPSA) is 82.8 Å². The number of hydrogen-bond acceptors (Lipinski definition) is 7. The van der Waals surface area contributed by atoms with E-state index in [9.17, 15) is 13.2 Å². The van der Waals surface area contributed by atoms with Crippen LogP contribution >= 0.6 is 11.8 Å². The van der Waals surface area contributed by atoms with E-state index in [1.54, 1.807) is 18.7 Å². The molecule has 0 aliphatic heterocycles. The summed E-state index contributed by atoms with van der Waals surface area (Å²) in [7, 11) is 0. The van der Waals surface area contributed by atoms with Crippen molar-refractivity contribution < 1.29 is 22.1 Å². The molecule has 0 bridgehead atoms. The fourth-order valence-electron chi connectivity index (χ4n) is 2.58. The second-order valence-corrected chi connectivity index (χ2v) is 7.42. The van der Waals surface area contributed by atoms with Crippen molar-refractivity contribution in [3.63, 3.8) is 0 Å². The van der Waals surface area contributed by atoms with Crippen LogP contribution in [0.4, 0.5) is 13.2 Å². The molecule has 0 fully saturated rings. The van der Waals surface area contributed by atoms with Crippen LogP contribution in [0.3, 0.4) is 0 Å². The number of benzene rings is 1. The zero-order valence-electron chi connectivity index (χ0n) is 15.0. The van der Waals surface area contributed by atoms with Crippen molar-refractivity contribution in [3.8, 4) is 11.4 Å². The number of hydrogen-bond donors (Lipinski definition) is 0. The molecular formula is C18H14F3N5O2S. The van der Waals surface area contributed by atoms with Crippen LogP contribution in [0.15, 0.2) is 63.1 Å². The average molecular weight is 421 g/mol. The predicted molar refractivity (Wildman–Crippen MR) is 96.8 cm³/mol. The van der Waals surface area contributed by atoms with Gasteiger partial charge in [0.05, 0.1) is 23.6 Å². The molecule has 3 heterocycles. The summed E-state index contributed by atoms with van der Waals surface area (Å²) in [5.74, 6) is 1.12. The third-order valence-corrected chi connectivity index (χ3v) is 5.09. The highest BCUT2D eigenvalue weighted by atomic mass is 32.2. The van der Waals surface area contributed by atoms with Crippen LogP contribution in [-0.2, 0) is 12.7 Å². The van der Waals surface area contributed by atoms with Crippen molar-refractivity contribution >= 4 is 11.8 Å². The molecule has 0 aliphatic rings. The molecule has 0 aliphatic carbocycles. The van der Waals surface area contributed by atoms with E-state index in [0.29, 0.717) is 11.7 Å². The number of halogens is 3. The van der Waals surface area contributed by atoms with Gasteiger partial charge in [-0.15, -0.1) is 10.2 Å². The fourth-order valence-corrected chi connectivity index (χ4v) is 3.43. The van der Waals surface area contributed by atoms with Crippen molar-refractivity contribution in [2.45, 2.75) is 30.1 Å². The number of thioether (sulfide) groups is 1. The molecule has 150 valence electrons. The van der Waals surface area contributed by atoms with E-state index in [2.05, 4.69) is 20.3 Å². The summed E-state index contributed by atoms with van der Waals surface area (Å²) in [6, 6.07) is 8.44. The van der Waals surface area contributed by atoms with Crippen LogP contribution in [0.25, 0.3) is 11.4 Å². The zero-order valence-corrected chi connectivity index (χ0v) is 15.8. The Kier molecular flexibility index (Phi) is 5.14. The van der Waals surface area contributed by atoms with Gasteiger partial charge in [-0.05, 0) is 31.2 Å². The van der Waals surface area contributed by atoms with Gasteiger partial charge in [0, 0.05) is 5.56 Å². The lowest BCUT2D eigenvalue weighted by atomic mass is 10.1. The second-order valence-electron chi connectivity index (χ2n) is 6.12. The molecule has 3 aromatic heterocycles. The molecule has 0 amide bonds. The Morgan fingerprint density at radius 2 is 2.07 bits per heavy atom. The van der Waals surface area contributed by atoms with E-state index in [-0.39, 0.29) is 22.5 Å². The summed E-state index contributed by atoms with van der Waals surface area (Å²) in [4.78, 5) is 4.25. The number of furan rings is 1. The molecule has 1 atom stereocenters. The van der Waals surface area contributed by atoms with Crippen LogP contribution in [0, 0.1) is 0 Å². The molecule has 1 aromatic carbocycles. The summed E-state index contributed by atoms with van der Waals surface area (Å²) < 4.78 is 51.1. The zero-order chi connectivity index (χ0) is 20.4. The third-order valence-electron chi connectivity index (χ3n) is 4.01. The van der Waals surface area contributed by atoms with Gasteiger partial charge in [-0.25, -0.2) is 0 Å². The van der Waals surface area contributed by atoms with Crippen molar-refractivity contribution in [3.05, 3.63) is 66.2 Å². The number of nitrogens with zero attached hydrogens (tertiary/aromatic N) is 5. The minimum absolute atomic E-state index is 0.0932. The quantitative estimate of drug-likeness (QED) is 0.412. The lowest BCUT2D eigenvalue weighted by molar-refractivity contribution is -0.137. The number of rotatable bonds is 6. The van der Waals surface area contributed by atoms with Gasteiger partial charge in [0.1, 0.15) is 12.1 Å². The molecule has 4 rings (SSSR count). The molecule has 7 nitrogen and oxygen atoms in total. The average Bonchev–Trinajstić information content (AvgIpc) is 3.44. The molecule has 0 N–H and O–H groups in total. The third kappa shape index (κ3) is 4.34. The first-order chi connectivity index (χ1) is 13.9. The molecule has 0 saturated heterocycles. The Labute approximate surface area is 166 Å². The van der Waals surface area contributed by atoms with E-state index in [0.717, 1.165) is 17.9 Å². The van der Waals surface area contributed by atoms with Gasteiger partial charge in [0.2, 0.25) is 11.7 Å². The molecule has 0 saturated carbocycles. The van der Waals surface area contributed by atoms with E-state index < -0.39 is 11.7 Å². The maximum absolute atomic E-state index is 12.9. The van der Waals surface area contributed by atoms with Crippen molar-refractivity contribution in [1.29, 1.82) is 0 Å². The van der Waals surface area contributed by atoms with Gasteiger partial charge in [0.15, 0.2) is 5.16 Å². The maximum atomic E-state index is 12.9. The highest BCUT2D eigenvalue weighted by Crippen LogP contribution is 2.35. The Balaban J connectivity index is 1.50. The standard InChI is InChI=1S/C18H14F3N5O2S/c1-11(29-17-24-22-10-26(17)9-14-6-3-7-27-14)16-23-15(25-28-16)12-4-2-5-13(8-12)18(19,20)21/h2-8,10-11H,9H2,1H3. The van der Waals surface area contributed by atoms with Crippen LogP contribution in [0.2, 0.25) is 0 Å². The van der Waals surface area contributed by atoms with Crippen LogP contribution in [-0.4, -0.2) is 24.9 Å². The molecule has 0 spiro atoms. The largest absolute Gasteiger partial charge is 0.467 e. The Hall–Kier alpha value is -3.08. The van der Waals surface area contributed by atoms with E-state index in [4.69, 9.17) is 8.94 Å². The lowest BCUT2D eigenvalue weighted by Crippen LogP contribution is -2.04. The minimum Gasteiger partial charge on any atom is -0.467 e. The first-order valence-electron chi connectivity index (χ1n) is 8.48.